The Kier molecular flexibility index (Phi) is 4.98. The minimum Gasteiger partial charge on any atom is -0.326 e. The number of anilines is 1. The van der Waals surface area contributed by atoms with E-state index in [1.807, 2.05) is 48.7 Å². The van der Waals surface area contributed by atoms with Gasteiger partial charge in [-0.2, -0.15) is 0 Å². The van der Waals surface area contributed by atoms with Gasteiger partial charge in [0.05, 0.1) is 12.1 Å². The van der Waals surface area contributed by atoms with Crippen molar-refractivity contribution in [3.63, 3.8) is 0 Å². The van der Waals surface area contributed by atoms with Crippen molar-refractivity contribution in [2.24, 2.45) is 5.73 Å². The zero-order valence-corrected chi connectivity index (χ0v) is 14.1. The third-order valence-corrected chi connectivity index (χ3v) is 4.47. The highest BCUT2D eigenvalue weighted by molar-refractivity contribution is 7.13. The van der Waals surface area contributed by atoms with E-state index in [-0.39, 0.29) is 12.3 Å². The fourth-order valence-corrected chi connectivity index (χ4v) is 3.25. The first-order valence-electron chi connectivity index (χ1n) is 7.61. The molecule has 2 aromatic heterocycles. The Labute approximate surface area is 144 Å². The summed E-state index contributed by atoms with van der Waals surface area (Å²) in [6.07, 6.45) is 1.90. The van der Waals surface area contributed by atoms with E-state index in [1.165, 1.54) is 11.3 Å². The molecule has 3 rings (SSSR count). The van der Waals surface area contributed by atoms with Gasteiger partial charge in [0, 0.05) is 23.7 Å². The molecule has 122 valence electrons. The summed E-state index contributed by atoms with van der Waals surface area (Å²) in [4.78, 5) is 20.9. The molecule has 0 fully saturated rings. The molecular weight excluding hydrogens is 320 g/mol. The molecule has 2 heterocycles. The van der Waals surface area contributed by atoms with E-state index in [2.05, 4.69) is 15.3 Å². The summed E-state index contributed by atoms with van der Waals surface area (Å²) in [5.74, 6) is 0.431. The first kappa shape index (κ1) is 16.3. The Morgan fingerprint density at radius 2 is 2.12 bits per heavy atom. The van der Waals surface area contributed by atoms with Gasteiger partial charge in [0.15, 0.2) is 0 Å². The molecule has 0 spiro atoms. The molecule has 0 saturated carbocycles. The van der Waals surface area contributed by atoms with Crippen LogP contribution < -0.4 is 11.1 Å². The van der Waals surface area contributed by atoms with Gasteiger partial charge in [0.25, 0.3) is 0 Å². The summed E-state index contributed by atoms with van der Waals surface area (Å²) < 4.78 is 0. The van der Waals surface area contributed by atoms with Crippen LogP contribution in [-0.2, 0) is 17.8 Å². The molecule has 0 bridgehead atoms. The molecule has 0 atom stereocenters. The SMILES string of the molecule is Cc1ccnc(NC(=O)Cc2csc(-c3ccccc3CN)n2)c1. The van der Waals surface area contributed by atoms with Crippen LogP contribution in [0.5, 0.6) is 0 Å². The molecule has 0 saturated heterocycles. The highest BCUT2D eigenvalue weighted by Crippen LogP contribution is 2.27. The number of nitrogens with zero attached hydrogens (tertiary/aromatic N) is 2. The van der Waals surface area contributed by atoms with Crippen molar-refractivity contribution < 1.29 is 4.79 Å². The minimum absolute atomic E-state index is 0.128. The number of aromatic nitrogens is 2. The number of carbonyl (C=O) groups is 1. The molecule has 3 N–H and O–H groups in total. The van der Waals surface area contributed by atoms with Gasteiger partial charge in [-0.05, 0) is 30.2 Å². The number of amides is 1. The maximum Gasteiger partial charge on any atom is 0.231 e. The van der Waals surface area contributed by atoms with Crippen LogP contribution in [0.3, 0.4) is 0 Å². The number of thiazole rings is 1. The Morgan fingerprint density at radius 3 is 2.92 bits per heavy atom. The number of hydrogen-bond donors (Lipinski definition) is 2. The van der Waals surface area contributed by atoms with Crippen molar-refractivity contribution in [2.45, 2.75) is 19.9 Å². The van der Waals surface area contributed by atoms with Crippen LogP contribution >= 0.6 is 11.3 Å². The molecule has 6 heteroatoms. The lowest BCUT2D eigenvalue weighted by molar-refractivity contribution is -0.115. The van der Waals surface area contributed by atoms with E-state index < -0.39 is 0 Å². The smallest absolute Gasteiger partial charge is 0.231 e. The number of nitrogens with two attached hydrogens (primary N) is 1. The van der Waals surface area contributed by atoms with Gasteiger partial charge >= 0.3 is 0 Å². The van der Waals surface area contributed by atoms with Gasteiger partial charge in [0.2, 0.25) is 5.91 Å². The molecule has 24 heavy (non-hydrogen) atoms. The molecule has 0 aliphatic heterocycles. The second-order valence-electron chi connectivity index (χ2n) is 5.45. The van der Waals surface area contributed by atoms with Gasteiger partial charge < -0.3 is 11.1 Å². The Morgan fingerprint density at radius 1 is 1.29 bits per heavy atom. The topological polar surface area (TPSA) is 80.9 Å². The number of carbonyl (C=O) groups excluding carboxylic acids is 1. The lowest BCUT2D eigenvalue weighted by atomic mass is 10.1. The maximum absolute atomic E-state index is 12.2. The number of rotatable bonds is 5. The fourth-order valence-electron chi connectivity index (χ4n) is 2.37. The minimum atomic E-state index is -0.128. The summed E-state index contributed by atoms with van der Waals surface area (Å²) in [5, 5.41) is 5.59. The van der Waals surface area contributed by atoms with Crippen LogP contribution in [0.2, 0.25) is 0 Å². The van der Waals surface area contributed by atoms with Crippen molar-refractivity contribution in [2.75, 3.05) is 5.32 Å². The number of aryl methyl sites for hydroxylation is 1. The number of hydrogen-bond acceptors (Lipinski definition) is 5. The van der Waals surface area contributed by atoms with Crippen molar-refractivity contribution in [3.8, 4) is 10.6 Å². The van der Waals surface area contributed by atoms with E-state index in [0.717, 1.165) is 27.4 Å². The summed E-state index contributed by atoms with van der Waals surface area (Å²) in [7, 11) is 0. The van der Waals surface area contributed by atoms with Crippen LogP contribution in [-0.4, -0.2) is 15.9 Å². The van der Waals surface area contributed by atoms with Gasteiger partial charge in [-0.3, -0.25) is 4.79 Å². The van der Waals surface area contributed by atoms with E-state index in [0.29, 0.717) is 12.4 Å². The normalized spacial score (nSPS) is 10.6. The standard InChI is InChI=1S/C18H18N4OS/c1-12-6-7-20-16(8-12)22-17(23)9-14-11-24-18(21-14)15-5-3-2-4-13(15)10-19/h2-8,11H,9-10,19H2,1H3,(H,20,22,23). The van der Waals surface area contributed by atoms with E-state index in [9.17, 15) is 4.79 Å². The molecule has 1 aromatic carbocycles. The van der Waals surface area contributed by atoms with Crippen molar-refractivity contribution in [1.29, 1.82) is 0 Å². The second kappa shape index (κ2) is 7.33. The highest BCUT2D eigenvalue weighted by atomic mass is 32.1. The summed E-state index contributed by atoms with van der Waals surface area (Å²) in [6.45, 7) is 2.42. The third kappa shape index (κ3) is 3.84. The van der Waals surface area contributed by atoms with Gasteiger partial charge in [-0.1, -0.05) is 24.3 Å². The number of benzene rings is 1. The van der Waals surface area contributed by atoms with Crippen LogP contribution in [0.15, 0.2) is 48.0 Å². The molecule has 5 nitrogen and oxygen atoms in total. The van der Waals surface area contributed by atoms with Crippen LogP contribution in [0.1, 0.15) is 16.8 Å². The van der Waals surface area contributed by atoms with Crippen molar-refractivity contribution in [1.82, 2.24) is 9.97 Å². The Balaban J connectivity index is 1.71. The lowest BCUT2D eigenvalue weighted by Crippen LogP contribution is -2.15. The Hall–Kier alpha value is -2.57. The zero-order valence-electron chi connectivity index (χ0n) is 13.3. The monoisotopic (exact) mass is 338 g/mol. The maximum atomic E-state index is 12.2. The van der Waals surface area contributed by atoms with Crippen LogP contribution in [0, 0.1) is 6.92 Å². The summed E-state index contributed by atoms with van der Waals surface area (Å²) in [5.41, 5.74) is 9.65. The molecule has 0 radical (unpaired) electrons. The largest absolute Gasteiger partial charge is 0.326 e. The predicted octanol–water partition coefficient (Wildman–Crippen LogP) is 3.15. The van der Waals surface area contributed by atoms with Gasteiger partial charge in [-0.25, -0.2) is 9.97 Å². The molecule has 0 aliphatic rings. The van der Waals surface area contributed by atoms with Gasteiger partial charge in [0.1, 0.15) is 10.8 Å². The lowest BCUT2D eigenvalue weighted by Gasteiger charge is -2.04. The second-order valence-corrected chi connectivity index (χ2v) is 6.31. The molecule has 3 aromatic rings. The van der Waals surface area contributed by atoms with Crippen LogP contribution in [0.25, 0.3) is 10.6 Å². The van der Waals surface area contributed by atoms with E-state index in [4.69, 9.17) is 5.73 Å². The van der Waals surface area contributed by atoms with Gasteiger partial charge in [-0.15, -0.1) is 11.3 Å². The molecule has 0 aliphatic carbocycles. The fraction of sp³-hybridized carbons (Fsp3) is 0.167. The highest BCUT2D eigenvalue weighted by Gasteiger charge is 2.11. The average molecular weight is 338 g/mol. The number of pyridine rings is 1. The molecule has 1 amide bonds. The average Bonchev–Trinajstić information content (AvgIpc) is 3.03. The summed E-state index contributed by atoms with van der Waals surface area (Å²) in [6, 6.07) is 11.6. The third-order valence-electron chi connectivity index (χ3n) is 3.54. The van der Waals surface area contributed by atoms with Crippen molar-refractivity contribution in [3.05, 3.63) is 64.8 Å². The first-order chi connectivity index (χ1) is 11.7. The van der Waals surface area contributed by atoms with E-state index in [1.54, 1.807) is 6.20 Å². The predicted molar refractivity (Wildman–Crippen MR) is 96.7 cm³/mol. The molecular formula is C18H18N4OS. The zero-order chi connectivity index (χ0) is 16.9. The number of nitrogens with one attached hydrogen (secondary N) is 1. The Bertz CT molecular complexity index is 859. The van der Waals surface area contributed by atoms with Crippen LogP contribution in [0.4, 0.5) is 5.82 Å². The molecule has 0 unspecified atom stereocenters. The quantitative estimate of drug-likeness (QED) is 0.749. The van der Waals surface area contributed by atoms with E-state index >= 15 is 0 Å². The first-order valence-corrected chi connectivity index (χ1v) is 8.49. The van der Waals surface area contributed by atoms with Crippen molar-refractivity contribution >= 4 is 23.1 Å². The summed E-state index contributed by atoms with van der Waals surface area (Å²) >= 11 is 1.52.